The standard InChI is InChI=1S/C18H14O4S/c1-22-14-8-7-11(10-19)16-17(14)13(20)9-15(18(16)21)23-12-5-3-2-4-6-12/h2-9,19H,10H2,1H3. The van der Waals surface area contributed by atoms with Crippen LogP contribution in [0.25, 0.3) is 0 Å². The highest BCUT2D eigenvalue weighted by atomic mass is 32.2. The van der Waals surface area contributed by atoms with Gasteiger partial charge in [0.1, 0.15) is 5.75 Å². The number of benzene rings is 2. The van der Waals surface area contributed by atoms with Crippen molar-refractivity contribution in [1.82, 2.24) is 0 Å². The number of hydrogen-bond acceptors (Lipinski definition) is 5. The molecule has 0 aliphatic heterocycles. The minimum Gasteiger partial charge on any atom is -0.496 e. The van der Waals surface area contributed by atoms with E-state index in [1.807, 2.05) is 30.3 Å². The maximum Gasteiger partial charge on any atom is 0.201 e. The van der Waals surface area contributed by atoms with Gasteiger partial charge in [0, 0.05) is 16.5 Å². The predicted octanol–water partition coefficient (Wildman–Crippen LogP) is 3.24. The average Bonchev–Trinajstić information content (AvgIpc) is 2.59. The monoisotopic (exact) mass is 326 g/mol. The number of carbonyl (C=O) groups is 2. The Morgan fingerprint density at radius 2 is 1.78 bits per heavy atom. The van der Waals surface area contributed by atoms with E-state index in [-0.39, 0.29) is 29.3 Å². The maximum atomic E-state index is 12.8. The van der Waals surface area contributed by atoms with E-state index in [1.54, 1.807) is 12.1 Å². The van der Waals surface area contributed by atoms with Crippen molar-refractivity contribution in [3.8, 4) is 5.75 Å². The molecular weight excluding hydrogens is 312 g/mol. The highest BCUT2D eigenvalue weighted by Crippen LogP contribution is 2.37. The van der Waals surface area contributed by atoms with Crippen molar-refractivity contribution < 1.29 is 19.4 Å². The molecule has 0 spiro atoms. The lowest BCUT2D eigenvalue weighted by atomic mass is 9.90. The van der Waals surface area contributed by atoms with E-state index in [4.69, 9.17) is 4.74 Å². The SMILES string of the molecule is COc1ccc(CO)c2c1C(=O)C=C(Sc1ccccc1)C2=O. The fourth-order valence-corrected chi connectivity index (χ4v) is 3.41. The molecule has 0 saturated heterocycles. The van der Waals surface area contributed by atoms with Gasteiger partial charge in [-0.3, -0.25) is 9.59 Å². The number of methoxy groups -OCH3 is 1. The number of ketones is 2. The summed E-state index contributed by atoms with van der Waals surface area (Å²) in [6.45, 7) is -0.311. The van der Waals surface area contributed by atoms with Crippen LogP contribution in [0.2, 0.25) is 0 Å². The molecule has 1 aliphatic rings. The molecule has 0 radical (unpaired) electrons. The molecule has 0 fully saturated rings. The number of carbonyl (C=O) groups excluding carboxylic acids is 2. The highest BCUT2D eigenvalue weighted by molar-refractivity contribution is 8.04. The van der Waals surface area contributed by atoms with Crippen LogP contribution in [-0.2, 0) is 6.61 Å². The number of allylic oxidation sites excluding steroid dienone is 2. The zero-order valence-corrected chi connectivity index (χ0v) is 13.2. The molecule has 0 unspecified atom stereocenters. The Balaban J connectivity index is 2.08. The number of rotatable bonds is 4. The fourth-order valence-electron chi connectivity index (χ4n) is 2.50. The number of aliphatic hydroxyl groups is 1. The van der Waals surface area contributed by atoms with Crippen LogP contribution in [0.5, 0.6) is 5.75 Å². The molecule has 0 aromatic heterocycles. The lowest BCUT2D eigenvalue weighted by Crippen LogP contribution is -2.19. The summed E-state index contributed by atoms with van der Waals surface area (Å²) in [5, 5.41) is 9.51. The first-order valence-electron chi connectivity index (χ1n) is 7.00. The van der Waals surface area contributed by atoms with Crippen molar-refractivity contribution in [2.45, 2.75) is 11.5 Å². The van der Waals surface area contributed by atoms with Gasteiger partial charge in [-0.2, -0.15) is 0 Å². The normalized spacial score (nSPS) is 13.6. The van der Waals surface area contributed by atoms with Crippen molar-refractivity contribution >= 4 is 23.3 Å². The molecule has 0 saturated carbocycles. The molecule has 2 aromatic carbocycles. The first-order valence-corrected chi connectivity index (χ1v) is 7.81. The number of fused-ring (bicyclic) bond motifs is 1. The minimum absolute atomic E-state index is 0.224. The summed E-state index contributed by atoms with van der Waals surface area (Å²) < 4.78 is 5.19. The van der Waals surface area contributed by atoms with E-state index in [0.717, 1.165) is 4.90 Å². The summed E-state index contributed by atoms with van der Waals surface area (Å²) in [7, 11) is 1.45. The van der Waals surface area contributed by atoms with Crippen molar-refractivity contribution in [1.29, 1.82) is 0 Å². The number of ether oxygens (including phenoxy) is 1. The van der Waals surface area contributed by atoms with Crippen LogP contribution in [0.1, 0.15) is 26.3 Å². The van der Waals surface area contributed by atoms with Gasteiger partial charge in [-0.15, -0.1) is 0 Å². The van der Waals surface area contributed by atoms with Gasteiger partial charge in [0.25, 0.3) is 0 Å². The molecule has 1 aliphatic carbocycles. The number of Topliss-reactive ketones (excluding diaryl/α,β-unsaturated/α-hetero) is 1. The minimum atomic E-state index is -0.311. The van der Waals surface area contributed by atoms with E-state index < -0.39 is 0 Å². The molecule has 3 rings (SSSR count). The molecule has 0 bridgehead atoms. The van der Waals surface area contributed by atoms with Crippen molar-refractivity contribution in [2.24, 2.45) is 0 Å². The van der Waals surface area contributed by atoms with Crippen molar-refractivity contribution in [2.75, 3.05) is 7.11 Å². The Hall–Kier alpha value is -2.37. The first-order chi connectivity index (χ1) is 11.2. The van der Waals surface area contributed by atoms with Crippen LogP contribution in [-0.4, -0.2) is 23.8 Å². The molecule has 0 amide bonds. The second-order valence-corrected chi connectivity index (χ2v) is 6.07. The molecule has 23 heavy (non-hydrogen) atoms. The number of thioether (sulfide) groups is 1. The van der Waals surface area contributed by atoms with Crippen molar-refractivity contribution in [3.63, 3.8) is 0 Å². The van der Waals surface area contributed by atoms with Crippen LogP contribution < -0.4 is 4.74 Å². The Kier molecular flexibility index (Phi) is 4.32. The summed E-state index contributed by atoms with van der Waals surface area (Å²) in [5.41, 5.74) is 0.887. The van der Waals surface area contributed by atoms with E-state index in [1.165, 1.54) is 24.9 Å². The van der Waals surface area contributed by atoms with Gasteiger partial charge >= 0.3 is 0 Å². The Morgan fingerprint density at radius 3 is 2.43 bits per heavy atom. The molecule has 116 valence electrons. The van der Waals surface area contributed by atoms with Crippen LogP contribution in [0.15, 0.2) is 58.3 Å². The van der Waals surface area contributed by atoms with Gasteiger partial charge in [-0.05, 0) is 23.8 Å². The molecule has 2 aromatic rings. The summed E-state index contributed by atoms with van der Waals surface area (Å²) in [4.78, 5) is 26.5. The second-order valence-electron chi connectivity index (χ2n) is 4.95. The zero-order chi connectivity index (χ0) is 16.4. The quantitative estimate of drug-likeness (QED) is 0.934. The van der Waals surface area contributed by atoms with E-state index in [2.05, 4.69) is 0 Å². The van der Waals surface area contributed by atoms with Crippen molar-refractivity contribution in [3.05, 3.63) is 70.1 Å². The van der Waals surface area contributed by atoms with Gasteiger partial charge in [0.2, 0.25) is 5.78 Å². The first kappa shape index (κ1) is 15.5. The largest absolute Gasteiger partial charge is 0.496 e. The Morgan fingerprint density at radius 1 is 1.04 bits per heavy atom. The number of hydrogen-bond donors (Lipinski definition) is 1. The third kappa shape index (κ3) is 2.81. The molecular formula is C18H14O4S. The lowest BCUT2D eigenvalue weighted by molar-refractivity contribution is 0.0986. The third-order valence-electron chi connectivity index (χ3n) is 3.57. The van der Waals surface area contributed by atoms with E-state index >= 15 is 0 Å². The van der Waals surface area contributed by atoms with Crippen LogP contribution in [0.3, 0.4) is 0 Å². The zero-order valence-electron chi connectivity index (χ0n) is 12.4. The Bertz CT molecular complexity index is 809. The van der Waals surface area contributed by atoms with E-state index in [0.29, 0.717) is 16.2 Å². The van der Waals surface area contributed by atoms with Gasteiger partial charge in [-0.25, -0.2) is 0 Å². The van der Waals surface area contributed by atoms with E-state index in [9.17, 15) is 14.7 Å². The van der Waals surface area contributed by atoms with Gasteiger partial charge < -0.3 is 9.84 Å². The molecule has 1 N–H and O–H groups in total. The summed E-state index contributed by atoms with van der Waals surface area (Å²) in [6, 6.07) is 12.6. The van der Waals surface area contributed by atoms with Crippen LogP contribution in [0, 0.1) is 0 Å². The second kappa shape index (κ2) is 6.40. The van der Waals surface area contributed by atoms with Gasteiger partial charge in [-0.1, -0.05) is 36.0 Å². The van der Waals surface area contributed by atoms with Crippen LogP contribution in [0.4, 0.5) is 0 Å². The van der Waals surface area contributed by atoms with Crippen LogP contribution >= 0.6 is 11.8 Å². The lowest BCUT2D eigenvalue weighted by Gasteiger charge is -2.19. The molecule has 5 heteroatoms. The fraction of sp³-hybridized carbons (Fsp3) is 0.111. The maximum absolute atomic E-state index is 12.8. The molecule has 0 heterocycles. The average molecular weight is 326 g/mol. The summed E-state index contributed by atoms with van der Waals surface area (Å²) in [5.74, 6) is -0.211. The number of aliphatic hydroxyl groups excluding tert-OH is 1. The predicted molar refractivity (Wildman–Crippen MR) is 88.0 cm³/mol. The smallest absolute Gasteiger partial charge is 0.201 e. The van der Waals surface area contributed by atoms with Gasteiger partial charge in [0.05, 0.1) is 24.2 Å². The topological polar surface area (TPSA) is 63.6 Å². The molecule has 0 atom stereocenters. The summed E-state index contributed by atoms with van der Waals surface area (Å²) >= 11 is 1.24. The highest BCUT2D eigenvalue weighted by Gasteiger charge is 2.31. The third-order valence-corrected chi connectivity index (χ3v) is 4.61. The van der Waals surface area contributed by atoms with Gasteiger partial charge in [0.15, 0.2) is 5.78 Å². The Labute approximate surface area is 137 Å². The summed E-state index contributed by atoms with van der Waals surface area (Å²) in [6.07, 6.45) is 1.34. The molecule has 4 nitrogen and oxygen atoms in total.